The number of rotatable bonds is 4. The Balaban J connectivity index is 2.87. The summed E-state index contributed by atoms with van der Waals surface area (Å²) in [6.45, 7) is 5.26. The molecule has 0 fully saturated rings. The van der Waals surface area contributed by atoms with Gasteiger partial charge >= 0.3 is 6.18 Å². The monoisotopic (exact) mass is 279 g/mol. The Labute approximate surface area is 109 Å². The highest BCUT2D eigenvalue weighted by Gasteiger charge is 2.34. The molecule has 1 unspecified atom stereocenters. The molecule has 2 nitrogen and oxygen atoms in total. The maximum atomic E-state index is 13.1. The summed E-state index contributed by atoms with van der Waals surface area (Å²) in [6, 6.07) is 2.67. The van der Waals surface area contributed by atoms with E-state index >= 15 is 0 Å². The number of anilines is 1. The fraction of sp³-hybridized carbons (Fsp3) is 0.538. The fourth-order valence-corrected chi connectivity index (χ4v) is 1.34. The molecule has 1 atom stereocenters. The van der Waals surface area contributed by atoms with Crippen LogP contribution in [0.1, 0.15) is 26.3 Å². The highest BCUT2D eigenvalue weighted by Crippen LogP contribution is 2.33. The first-order valence-electron chi connectivity index (χ1n) is 5.87. The standard InChI is InChI=1S/C13H17F4NO/c1-8(2)12(3,19)7-18-9-4-5-11(14)10(6-9)13(15,16)17/h4-6,8,18-19H,7H2,1-3H3. The van der Waals surface area contributed by atoms with Crippen LogP contribution < -0.4 is 5.32 Å². The van der Waals surface area contributed by atoms with Crippen molar-refractivity contribution in [3.8, 4) is 0 Å². The van der Waals surface area contributed by atoms with Crippen LogP contribution in [0.2, 0.25) is 0 Å². The minimum atomic E-state index is -4.73. The number of hydrogen-bond acceptors (Lipinski definition) is 2. The lowest BCUT2D eigenvalue weighted by Gasteiger charge is -2.28. The van der Waals surface area contributed by atoms with Gasteiger partial charge < -0.3 is 10.4 Å². The van der Waals surface area contributed by atoms with Crippen LogP contribution in [0.5, 0.6) is 0 Å². The van der Waals surface area contributed by atoms with Gasteiger partial charge in [-0.05, 0) is 31.0 Å². The molecule has 0 radical (unpaired) electrons. The molecule has 0 aliphatic heterocycles. The van der Waals surface area contributed by atoms with Crippen LogP contribution in [0.25, 0.3) is 0 Å². The molecule has 0 amide bonds. The third-order valence-electron chi connectivity index (χ3n) is 3.17. The zero-order valence-corrected chi connectivity index (χ0v) is 11.0. The van der Waals surface area contributed by atoms with Gasteiger partial charge in [0.15, 0.2) is 0 Å². The average molecular weight is 279 g/mol. The van der Waals surface area contributed by atoms with E-state index in [2.05, 4.69) is 5.32 Å². The van der Waals surface area contributed by atoms with E-state index in [-0.39, 0.29) is 18.2 Å². The van der Waals surface area contributed by atoms with Gasteiger partial charge in [0.2, 0.25) is 0 Å². The lowest BCUT2D eigenvalue weighted by atomic mass is 9.92. The number of alkyl halides is 3. The summed E-state index contributed by atoms with van der Waals surface area (Å²) in [4.78, 5) is 0. The van der Waals surface area contributed by atoms with Crippen molar-refractivity contribution in [2.75, 3.05) is 11.9 Å². The molecule has 0 spiro atoms. The molecule has 0 bridgehead atoms. The normalized spacial score (nSPS) is 15.4. The van der Waals surface area contributed by atoms with E-state index in [1.807, 2.05) is 0 Å². The van der Waals surface area contributed by atoms with Crippen LogP contribution in [0, 0.1) is 11.7 Å². The minimum absolute atomic E-state index is 0.0671. The van der Waals surface area contributed by atoms with Gasteiger partial charge in [-0.2, -0.15) is 13.2 Å². The summed E-state index contributed by atoms with van der Waals surface area (Å²) in [7, 11) is 0. The fourth-order valence-electron chi connectivity index (χ4n) is 1.34. The summed E-state index contributed by atoms with van der Waals surface area (Å²) < 4.78 is 50.6. The Morgan fingerprint density at radius 1 is 1.26 bits per heavy atom. The number of aliphatic hydroxyl groups is 1. The minimum Gasteiger partial charge on any atom is -0.388 e. The molecule has 0 aliphatic rings. The summed E-state index contributed by atoms with van der Waals surface area (Å²) >= 11 is 0. The Morgan fingerprint density at radius 3 is 2.32 bits per heavy atom. The molecule has 0 aliphatic carbocycles. The van der Waals surface area contributed by atoms with Crippen molar-refractivity contribution in [3.63, 3.8) is 0 Å². The van der Waals surface area contributed by atoms with Gasteiger partial charge in [-0.15, -0.1) is 0 Å². The first-order valence-corrected chi connectivity index (χ1v) is 5.87. The van der Waals surface area contributed by atoms with Crippen LogP contribution in [0.15, 0.2) is 18.2 Å². The molecule has 1 aromatic rings. The van der Waals surface area contributed by atoms with Gasteiger partial charge in [-0.3, -0.25) is 0 Å². The topological polar surface area (TPSA) is 32.3 Å². The second-order valence-electron chi connectivity index (χ2n) is 5.06. The van der Waals surface area contributed by atoms with Crippen molar-refractivity contribution >= 4 is 5.69 Å². The zero-order chi connectivity index (χ0) is 14.8. The number of nitrogens with one attached hydrogen (secondary N) is 1. The molecule has 0 aromatic heterocycles. The predicted molar refractivity (Wildman–Crippen MR) is 65.4 cm³/mol. The number of hydrogen-bond donors (Lipinski definition) is 2. The summed E-state index contributed by atoms with van der Waals surface area (Å²) in [5, 5.41) is 12.7. The van der Waals surface area contributed by atoms with Gasteiger partial charge in [0.1, 0.15) is 5.82 Å². The molecular formula is C13H17F4NO. The predicted octanol–water partition coefficient (Wildman–Crippen LogP) is 3.66. The van der Waals surface area contributed by atoms with E-state index in [9.17, 15) is 22.7 Å². The maximum absolute atomic E-state index is 13.1. The Kier molecular flexibility index (Phi) is 4.45. The van der Waals surface area contributed by atoms with Crippen LogP contribution in [-0.4, -0.2) is 17.3 Å². The summed E-state index contributed by atoms with van der Waals surface area (Å²) in [6.07, 6.45) is -4.73. The highest BCUT2D eigenvalue weighted by molar-refractivity contribution is 5.47. The molecule has 0 heterocycles. The van der Waals surface area contributed by atoms with Crippen molar-refractivity contribution in [1.29, 1.82) is 0 Å². The SMILES string of the molecule is CC(C)C(C)(O)CNc1ccc(F)c(C(F)(F)F)c1. The lowest BCUT2D eigenvalue weighted by molar-refractivity contribution is -0.139. The largest absolute Gasteiger partial charge is 0.419 e. The first kappa shape index (κ1) is 15.8. The van der Waals surface area contributed by atoms with E-state index < -0.39 is 23.2 Å². The number of benzene rings is 1. The first-order chi connectivity index (χ1) is 8.54. The molecule has 108 valence electrons. The van der Waals surface area contributed by atoms with E-state index in [4.69, 9.17) is 0 Å². The van der Waals surface area contributed by atoms with Crippen molar-refractivity contribution in [2.45, 2.75) is 32.5 Å². The molecule has 0 saturated carbocycles. The van der Waals surface area contributed by atoms with Crippen LogP contribution in [0.4, 0.5) is 23.2 Å². The lowest BCUT2D eigenvalue weighted by Crippen LogP contribution is -2.38. The number of halogens is 4. The maximum Gasteiger partial charge on any atom is 0.419 e. The molecule has 1 rings (SSSR count). The third kappa shape index (κ3) is 4.09. The Hall–Kier alpha value is -1.30. The molecule has 1 aromatic carbocycles. The molecular weight excluding hydrogens is 262 g/mol. The summed E-state index contributed by atoms with van der Waals surface area (Å²) in [5.41, 5.74) is -2.26. The molecule has 19 heavy (non-hydrogen) atoms. The quantitative estimate of drug-likeness (QED) is 0.824. The highest BCUT2D eigenvalue weighted by atomic mass is 19.4. The van der Waals surface area contributed by atoms with Crippen LogP contribution >= 0.6 is 0 Å². The van der Waals surface area contributed by atoms with E-state index in [0.29, 0.717) is 6.07 Å². The Morgan fingerprint density at radius 2 is 1.84 bits per heavy atom. The Bertz CT molecular complexity index is 441. The van der Waals surface area contributed by atoms with Crippen LogP contribution in [-0.2, 0) is 6.18 Å². The third-order valence-corrected chi connectivity index (χ3v) is 3.17. The van der Waals surface area contributed by atoms with E-state index in [1.165, 1.54) is 6.07 Å². The van der Waals surface area contributed by atoms with Crippen molar-refractivity contribution < 1.29 is 22.7 Å². The second-order valence-corrected chi connectivity index (χ2v) is 5.06. The van der Waals surface area contributed by atoms with E-state index in [1.54, 1.807) is 20.8 Å². The van der Waals surface area contributed by atoms with Gasteiger partial charge in [-0.25, -0.2) is 4.39 Å². The smallest absolute Gasteiger partial charge is 0.388 e. The average Bonchev–Trinajstić information content (AvgIpc) is 2.26. The van der Waals surface area contributed by atoms with Crippen LogP contribution in [0.3, 0.4) is 0 Å². The molecule has 2 N–H and O–H groups in total. The van der Waals surface area contributed by atoms with E-state index in [0.717, 1.165) is 6.07 Å². The molecule has 6 heteroatoms. The summed E-state index contributed by atoms with van der Waals surface area (Å²) in [5.74, 6) is -1.38. The van der Waals surface area contributed by atoms with Gasteiger partial charge in [0, 0.05) is 12.2 Å². The second kappa shape index (κ2) is 5.36. The zero-order valence-electron chi connectivity index (χ0n) is 11.0. The van der Waals surface area contributed by atoms with Crippen molar-refractivity contribution in [3.05, 3.63) is 29.6 Å². The van der Waals surface area contributed by atoms with Crippen molar-refractivity contribution in [2.24, 2.45) is 5.92 Å². The van der Waals surface area contributed by atoms with Gasteiger partial charge in [0.25, 0.3) is 0 Å². The van der Waals surface area contributed by atoms with Gasteiger partial charge in [-0.1, -0.05) is 13.8 Å². The molecule has 0 saturated heterocycles. The van der Waals surface area contributed by atoms with Gasteiger partial charge in [0.05, 0.1) is 11.2 Å². The van der Waals surface area contributed by atoms with Crippen molar-refractivity contribution in [1.82, 2.24) is 0 Å².